The van der Waals surface area contributed by atoms with Crippen LogP contribution in [0.3, 0.4) is 0 Å². The van der Waals surface area contributed by atoms with E-state index in [1.807, 2.05) is 66.7 Å². The van der Waals surface area contributed by atoms with Crippen molar-refractivity contribution in [2.24, 2.45) is 0 Å². The smallest absolute Gasteiger partial charge is 0.419 e. The van der Waals surface area contributed by atoms with Crippen LogP contribution in [0.4, 0.5) is 16.2 Å². The van der Waals surface area contributed by atoms with E-state index in [9.17, 15) is 24.6 Å². The van der Waals surface area contributed by atoms with Crippen LogP contribution in [0.5, 0.6) is 11.5 Å². The number of ether oxygens (including phenoxy) is 1. The summed E-state index contributed by atoms with van der Waals surface area (Å²) < 4.78 is 20.0. The minimum absolute atomic E-state index is 0.0653. The molecule has 12 nitrogen and oxygen atoms in total. The highest BCUT2D eigenvalue weighted by Crippen LogP contribution is 2.45. The number of rotatable bonds is 14. The number of hydrogen-bond donors (Lipinski definition) is 5. The second-order valence-corrected chi connectivity index (χ2v) is 19.9. The fourth-order valence-electron chi connectivity index (χ4n) is 6.39. The van der Waals surface area contributed by atoms with E-state index in [4.69, 9.17) is 13.6 Å². The first-order valence-electron chi connectivity index (χ1n) is 18.2. The SMILES string of the molecule is CC(C)(C)[Si](C)(C)O[C@@H](CNCc1ccc2c(c1)oc(=O)n2CCCCc1ccc(-c2ccccc2)c(NC(=O)O)c1)c1ccc(O)c2c1OCC(=O)N2. The molecule has 13 heteroatoms. The van der Waals surface area contributed by atoms with Gasteiger partial charge >= 0.3 is 11.8 Å². The van der Waals surface area contributed by atoms with Gasteiger partial charge in [0.25, 0.3) is 5.91 Å². The molecule has 0 saturated heterocycles. The number of nitrogens with zero attached hydrogens (tertiary/aromatic N) is 1. The summed E-state index contributed by atoms with van der Waals surface area (Å²) in [6, 6.07) is 24.5. The zero-order valence-electron chi connectivity index (χ0n) is 31.3. The Kier molecular flexibility index (Phi) is 11.3. The highest BCUT2D eigenvalue weighted by atomic mass is 28.4. The lowest BCUT2D eigenvalue weighted by Crippen LogP contribution is -2.43. The number of phenols is 1. The highest BCUT2D eigenvalue weighted by Gasteiger charge is 2.40. The van der Waals surface area contributed by atoms with Crippen LogP contribution in [0, 0.1) is 0 Å². The molecular weight excluding hydrogens is 705 g/mol. The lowest BCUT2D eigenvalue weighted by Gasteiger charge is -2.40. The Morgan fingerprint density at radius 1 is 1.00 bits per heavy atom. The maximum absolute atomic E-state index is 12.9. The van der Waals surface area contributed by atoms with Crippen LogP contribution >= 0.6 is 0 Å². The zero-order valence-corrected chi connectivity index (χ0v) is 32.3. The van der Waals surface area contributed by atoms with Crippen molar-refractivity contribution < 1.29 is 33.4 Å². The van der Waals surface area contributed by atoms with Crippen molar-refractivity contribution in [3.63, 3.8) is 0 Å². The van der Waals surface area contributed by atoms with E-state index in [-0.39, 0.29) is 29.0 Å². The predicted molar refractivity (Wildman–Crippen MR) is 212 cm³/mol. The molecular formula is C41H48N4O8Si. The Morgan fingerprint density at radius 2 is 1.76 bits per heavy atom. The van der Waals surface area contributed by atoms with Crippen molar-refractivity contribution in [1.82, 2.24) is 9.88 Å². The molecule has 1 aromatic heterocycles. The monoisotopic (exact) mass is 752 g/mol. The molecule has 1 aliphatic rings. The van der Waals surface area contributed by atoms with Crippen LogP contribution in [0.25, 0.3) is 22.2 Å². The van der Waals surface area contributed by atoms with Gasteiger partial charge in [-0.3, -0.25) is 14.7 Å². The standard InChI is InChI=1S/C41H48N4O8Si/c1-41(2,3)54(4,5)53-35(30-17-19-33(46)37-38(30)51-25-36(47)44-37)24-42-23-27-15-18-32-34(22-27)52-40(50)45(32)20-10-9-11-26-14-16-29(28-12-7-6-8-13-28)31(21-26)43-39(48)49/h6-8,12-19,21-22,35,42-43,46H,9-11,20,23-25H2,1-5H3,(H,44,47)(H,48,49)/t35-/m0/s1. The maximum atomic E-state index is 12.9. The topological polar surface area (TPSA) is 164 Å². The number of carbonyl (C=O) groups is 2. The lowest BCUT2D eigenvalue weighted by atomic mass is 9.99. The van der Waals surface area contributed by atoms with Gasteiger partial charge in [-0.2, -0.15) is 0 Å². The molecule has 54 heavy (non-hydrogen) atoms. The number of anilines is 2. The molecule has 4 aromatic carbocycles. The largest absolute Gasteiger partial charge is 0.506 e. The quantitative estimate of drug-likeness (QED) is 0.0427. The number of unbranched alkanes of at least 4 members (excludes halogenated alkanes) is 1. The molecule has 0 unspecified atom stereocenters. The summed E-state index contributed by atoms with van der Waals surface area (Å²) in [7, 11) is -2.27. The molecule has 1 atom stereocenters. The van der Waals surface area contributed by atoms with Crippen LogP contribution in [0.2, 0.25) is 18.1 Å². The van der Waals surface area contributed by atoms with E-state index in [0.29, 0.717) is 36.7 Å². The Bertz CT molecular complexity index is 2210. The van der Waals surface area contributed by atoms with Crippen molar-refractivity contribution in [2.45, 2.75) is 77.4 Å². The van der Waals surface area contributed by atoms with Gasteiger partial charge in [0.2, 0.25) is 0 Å². The van der Waals surface area contributed by atoms with Crippen molar-refractivity contribution in [2.75, 3.05) is 23.8 Å². The van der Waals surface area contributed by atoms with Gasteiger partial charge in [0.05, 0.1) is 17.3 Å². The van der Waals surface area contributed by atoms with Crippen LogP contribution in [-0.2, 0) is 28.7 Å². The normalized spacial score (nSPS) is 13.6. The lowest BCUT2D eigenvalue weighted by molar-refractivity contribution is -0.118. The fraction of sp³-hybridized carbons (Fsp3) is 0.341. The summed E-state index contributed by atoms with van der Waals surface area (Å²) in [6.07, 6.45) is 0.688. The van der Waals surface area contributed by atoms with Gasteiger partial charge in [-0.15, -0.1) is 0 Å². The van der Waals surface area contributed by atoms with Gasteiger partial charge in [-0.05, 0) is 84.4 Å². The molecule has 0 saturated carbocycles. The number of fused-ring (bicyclic) bond motifs is 2. The van der Waals surface area contributed by atoms with Crippen molar-refractivity contribution in [1.29, 1.82) is 0 Å². The first-order chi connectivity index (χ1) is 25.7. The van der Waals surface area contributed by atoms with Crippen molar-refractivity contribution >= 4 is 42.8 Å². The van der Waals surface area contributed by atoms with Crippen molar-refractivity contribution in [3.8, 4) is 22.6 Å². The van der Waals surface area contributed by atoms with Crippen LogP contribution in [0.1, 0.15) is 56.4 Å². The van der Waals surface area contributed by atoms with Gasteiger partial charge in [-0.1, -0.05) is 69.3 Å². The highest BCUT2D eigenvalue weighted by molar-refractivity contribution is 6.74. The Balaban J connectivity index is 1.10. The molecule has 2 heterocycles. The molecule has 0 spiro atoms. The van der Waals surface area contributed by atoms with Crippen molar-refractivity contribution in [3.05, 3.63) is 106 Å². The molecule has 6 rings (SSSR count). The van der Waals surface area contributed by atoms with E-state index in [2.05, 4.69) is 49.8 Å². The molecule has 2 amide bonds. The van der Waals surface area contributed by atoms with Gasteiger partial charge in [0.15, 0.2) is 26.3 Å². The summed E-state index contributed by atoms with van der Waals surface area (Å²) in [5.74, 6) is -0.407. The van der Waals surface area contributed by atoms with Gasteiger partial charge in [-0.25, -0.2) is 9.59 Å². The van der Waals surface area contributed by atoms with E-state index in [0.717, 1.165) is 52.6 Å². The van der Waals surface area contributed by atoms with E-state index in [1.54, 1.807) is 16.7 Å². The summed E-state index contributed by atoms with van der Waals surface area (Å²) in [6.45, 7) is 12.1. The van der Waals surface area contributed by atoms with Gasteiger partial charge in [0, 0.05) is 30.8 Å². The zero-order chi connectivity index (χ0) is 38.6. The number of nitrogens with one attached hydrogen (secondary N) is 3. The number of oxazole rings is 1. The number of carbonyl (C=O) groups excluding carboxylic acids is 1. The molecule has 0 radical (unpaired) electrons. The molecule has 0 aliphatic carbocycles. The Morgan fingerprint density at radius 3 is 2.50 bits per heavy atom. The molecule has 0 bridgehead atoms. The summed E-state index contributed by atoms with van der Waals surface area (Å²) >= 11 is 0. The number of amides is 2. The molecule has 5 aromatic rings. The molecule has 5 N–H and O–H groups in total. The molecule has 284 valence electrons. The number of aromatic hydroxyl groups is 1. The second kappa shape index (κ2) is 15.9. The average molecular weight is 753 g/mol. The first-order valence-corrected chi connectivity index (χ1v) is 21.1. The third-order valence-corrected chi connectivity index (χ3v) is 14.8. The second-order valence-electron chi connectivity index (χ2n) is 15.2. The van der Waals surface area contributed by atoms with E-state index in [1.165, 1.54) is 0 Å². The van der Waals surface area contributed by atoms with Gasteiger partial charge < -0.3 is 34.4 Å². The van der Waals surface area contributed by atoms with Crippen LogP contribution in [-0.4, -0.2) is 48.2 Å². The van der Waals surface area contributed by atoms with Gasteiger partial charge in [0.1, 0.15) is 11.4 Å². The number of aryl methyl sites for hydroxylation is 2. The third-order valence-electron chi connectivity index (χ3n) is 10.3. The number of aromatic nitrogens is 1. The minimum atomic E-state index is -2.27. The summed E-state index contributed by atoms with van der Waals surface area (Å²) in [5.41, 5.74) is 6.42. The number of hydrogen-bond acceptors (Lipinski definition) is 8. The fourth-order valence-corrected chi connectivity index (χ4v) is 7.67. The average Bonchev–Trinajstić information content (AvgIpc) is 3.43. The summed E-state index contributed by atoms with van der Waals surface area (Å²) in [5, 5.41) is 28.6. The Hall–Kier alpha value is -5.37. The van der Waals surface area contributed by atoms with E-state index >= 15 is 0 Å². The maximum Gasteiger partial charge on any atom is 0.419 e. The number of phenolic OH excluding ortho intramolecular Hbond substituents is 1. The number of benzene rings is 4. The van der Waals surface area contributed by atoms with E-state index < -0.39 is 26.3 Å². The van der Waals surface area contributed by atoms with Crippen LogP contribution in [0.15, 0.2) is 88.1 Å². The summed E-state index contributed by atoms with van der Waals surface area (Å²) in [4.78, 5) is 36.5. The first kappa shape index (κ1) is 38.4. The van der Waals surface area contributed by atoms with Crippen LogP contribution < -0.4 is 26.4 Å². The number of carboxylic acid groups (broad SMARTS) is 1. The third kappa shape index (κ3) is 8.70. The molecule has 0 fully saturated rings. The predicted octanol–water partition coefficient (Wildman–Crippen LogP) is 8.26. The minimum Gasteiger partial charge on any atom is -0.506 e. The Labute approximate surface area is 315 Å². The molecule has 1 aliphatic heterocycles.